The maximum absolute atomic E-state index is 13.6. The summed E-state index contributed by atoms with van der Waals surface area (Å²) in [5.41, 5.74) is 7.55. The maximum atomic E-state index is 13.6. The number of hydrogen-bond acceptors (Lipinski definition) is 2. The predicted octanol–water partition coefficient (Wildman–Crippen LogP) is 2.85. The van der Waals surface area contributed by atoms with Gasteiger partial charge < -0.3 is 5.73 Å². The van der Waals surface area contributed by atoms with E-state index in [1.54, 1.807) is 16.9 Å². The Kier molecular flexibility index (Phi) is 3.99. The fourth-order valence-electron chi connectivity index (χ4n) is 1.88. The van der Waals surface area contributed by atoms with Gasteiger partial charge in [0, 0.05) is 29.9 Å². The highest BCUT2D eigenvalue weighted by Gasteiger charge is 2.12. The molecule has 3 nitrogen and oxygen atoms in total. The van der Waals surface area contributed by atoms with E-state index in [9.17, 15) is 4.39 Å². The molecule has 2 aromatic rings. The molecule has 0 saturated carbocycles. The van der Waals surface area contributed by atoms with Gasteiger partial charge in [0.15, 0.2) is 0 Å². The molecule has 0 bridgehead atoms. The lowest BCUT2D eigenvalue weighted by molar-refractivity contribution is 0.564. The van der Waals surface area contributed by atoms with Gasteiger partial charge in [-0.15, -0.1) is 0 Å². The fourth-order valence-corrected chi connectivity index (χ4v) is 2.06. The molecule has 2 rings (SSSR count). The number of hydrogen-bond donors (Lipinski definition) is 1. The second-order valence-electron chi connectivity index (χ2n) is 4.33. The van der Waals surface area contributed by atoms with Crippen LogP contribution >= 0.6 is 11.6 Å². The van der Waals surface area contributed by atoms with Gasteiger partial charge in [-0.3, -0.25) is 4.68 Å². The van der Waals surface area contributed by atoms with E-state index in [0.29, 0.717) is 17.0 Å². The highest BCUT2D eigenvalue weighted by Crippen LogP contribution is 2.23. The molecule has 1 unspecified atom stereocenters. The number of rotatable bonds is 4. The molecular formula is C13H15ClFN3. The first-order valence-corrected chi connectivity index (χ1v) is 6.12. The van der Waals surface area contributed by atoms with Gasteiger partial charge in [-0.05, 0) is 36.6 Å². The average molecular weight is 268 g/mol. The summed E-state index contributed by atoms with van der Waals surface area (Å²) in [5, 5.41) is 4.58. The molecule has 18 heavy (non-hydrogen) atoms. The van der Waals surface area contributed by atoms with E-state index in [1.165, 1.54) is 12.1 Å². The van der Waals surface area contributed by atoms with Gasteiger partial charge in [-0.25, -0.2) is 4.39 Å². The summed E-state index contributed by atoms with van der Waals surface area (Å²) in [6.07, 6.45) is 5.14. The zero-order chi connectivity index (χ0) is 13.1. The van der Waals surface area contributed by atoms with Crippen LogP contribution in [0, 0.1) is 5.82 Å². The van der Waals surface area contributed by atoms with Crippen LogP contribution in [0.25, 0.3) is 0 Å². The first-order valence-electron chi connectivity index (χ1n) is 5.74. The smallest absolute Gasteiger partial charge is 0.128 e. The third kappa shape index (κ3) is 3.09. The van der Waals surface area contributed by atoms with Gasteiger partial charge in [0.1, 0.15) is 5.82 Å². The Bertz CT molecular complexity index is 539. The average Bonchev–Trinajstić information content (AvgIpc) is 2.75. The van der Waals surface area contributed by atoms with Gasteiger partial charge in [0.05, 0.1) is 6.20 Å². The molecule has 0 radical (unpaired) electrons. The van der Waals surface area contributed by atoms with Crippen LogP contribution in [0.5, 0.6) is 0 Å². The van der Waals surface area contributed by atoms with E-state index in [0.717, 1.165) is 12.0 Å². The van der Waals surface area contributed by atoms with Crippen LogP contribution in [0.4, 0.5) is 4.39 Å². The fraction of sp³-hybridized carbons (Fsp3) is 0.308. The van der Waals surface area contributed by atoms with Crippen LogP contribution in [-0.4, -0.2) is 9.78 Å². The molecule has 0 aliphatic heterocycles. The van der Waals surface area contributed by atoms with Crippen molar-refractivity contribution in [2.24, 2.45) is 12.8 Å². The van der Waals surface area contributed by atoms with Crippen molar-refractivity contribution in [2.45, 2.75) is 18.9 Å². The Morgan fingerprint density at radius 3 is 2.94 bits per heavy atom. The molecule has 1 atom stereocenters. The maximum Gasteiger partial charge on any atom is 0.128 e. The Morgan fingerprint density at radius 1 is 1.50 bits per heavy atom. The van der Waals surface area contributed by atoms with E-state index in [1.807, 2.05) is 13.2 Å². The number of aromatic nitrogens is 2. The Hall–Kier alpha value is -1.39. The highest BCUT2D eigenvalue weighted by atomic mass is 35.5. The summed E-state index contributed by atoms with van der Waals surface area (Å²) in [6, 6.07) is 4.10. The van der Waals surface area contributed by atoms with E-state index >= 15 is 0 Å². The molecule has 1 aromatic carbocycles. The molecule has 0 saturated heterocycles. The van der Waals surface area contributed by atoms with Crippen molar-refractivity contribution >= 4 is 11.6 Å². The molecule has 96 valence electrons. The van der Waals surface area contributed by atoms with E-state index in [2.05, 4.69) is 5.10 Å². The molecule has 0 aliphatic rings. The topological polar surface area (TPSA) is 43.8 Å². The monoisotopic (exact) mass is 267 g/mol. The van der Waals surface area contributed by atoms with Crippen molar-refractivity contribution in [1.29, 1.82) is 0 Å². The molecule has 0 amide bonds. The zero-order valence-corrected chi connectivity index (χ0v) is 10.9. The van der Waals surface area contributed by atoms with E-state index in [-0.39, 0.29) is 11.9 Å². The molecule has 0 fully saturated rings. The van der Waals surface area contributed by atoms with Crippen LogP contribution in [0.2, 0.25) is 5.02 Å². The van der Waals surface area contributed by atoms with Crippen molar-refractivity contribution in [3.63, 3.8) is 0 Å². The second-order valence-corrected chi connectivity index (χ2v) is 4.77. The van der Waals surface area contributed by atoms with Crippen molar-refractivity contribution in [2.75, 3.05) is 0 Å². The Labute approximate surface area is 110 Å². The van der Waals surface area contributed by atoms with Gasteiger partial charge in [-0.2, -0.15) is 5.10 Å². The number of nitrogens with two attached hydrogens (primary N) is 1. The van der Waals surface area contributed by atoms with Gasteiger partial charge in [0.25, 0.3) is 0 Å². The number of benzene rings is 1. The van der Waals surface area contributed by atoms with Crippen LogP contribution in [-0.2, 0) is 13.5 Å². The third-order valence-electron chi connectivity index (χ3n) is 2.86. The summed E-state index contributed by atoms with van der Waals surface area (Å²) in [5.74, 6) is -0.307. The van der Waals surface area contributed by atoms with Crippen LogP contribution < -0.4 is 5.73 Å². The Balaban J connectivity index is 2.03. The minimum Gasteiger partial charge on any atom is -0.324 e. The number of halogens is 2. The highest BCUT2D eigenvalue weighted by molar-refractivity contribution is 6.30. The lowest BCUT2D eigenvalue weighted by Gasteiger charge is -2.12. The van der Waals surface area contributed by atoms with Crippen molar-refractivity contribution in [3.05, 3.63) is 52.6 Å². The number of nitrogens with zero attached hydrogens (tertiary/aromatic N) is 2. The van der Waals surface area contributed by atoms with Crippen molar-refractivity contribution in [1.82, 2.24) is 9.78 Å². The van der Waals surface area contributed by atoms with E-state index in [4.69, 9.17) is 17.3 Å². The summed E-state index contributed by atoms with van der Waals surface area (Å²) < 4.78 is 15.3. The van der Waals surface area contributed by atoms with E-state index < -0.39 is 0 Å². The van der Waals surface area contributed by atoms with Gasteiger partial charge in [-0.1, -0.05) is 11.6 Å². The first kappa shape index (κ1) is 13.1. The van der Waals surface area contributed by atoms with Gasteiger partial charge in [0.2, 0.25) is 0 Å². The largest absolute Gasteiger partial charge is 0.324 e. The van der Waals surface area contributed by atoms with Crippen molar-refractivity contribution < 1.29 is 4.39 Å². The van der Waals surface area contributed by atoms with Crippen molar-refractivity contribution in [3.8, 4) is 0 Å². The molecule has 1 heterocycles. The predicted molar refractivity (Wildman–Crippen MR) is 69.9 cm³/mol. The molecule has 2 N–H and O–H groups in total. The van der Waals surface area contributed by atoms with Crippen LogP contribution in [0.3, 0.4) is 0 Å². The minimum atomic E-state index is -0.357. The van der Waals surface area contributed by atoms with Crippen LogP contribution in [0.1, 0.15) is 23.6 Å². The molecule has 0 spiro atoms. The lowest BCUT2D eigenvalue weighted by Crippen LogP contribution is -2.13. The number of aryl methyl sites for hydroxylation is 2. The summed E-state index contributed by atoms with van der Waals surface area (Å²) in [7, 11) is 1.86. The minimum absolute atomic E-state index is 0.307. The normalized spacial score (nSPS) is 12.7. The zero-order valence-electron chi connectivity index (χ0n) is 10.1. The third-order valence-corrected chi connectivity index (χ3v) is 3.09. The first-order chi connectivity index (χ1) is 8.56. The molecule has 1 aromatic heterocycles. The second kappa shape index (κ2) is 5.50. The Morgan fingerprint density at radius 2 is 2.28 bits per heavy atom. The summed E-state index contributed by atoms with van der Waals surface area (Å²) in [4.78, 5) is 0. The van der Waals surface area contributed by atoms with Crippen LogP contribution in [0.15, 0.2) is 30.6 Å². The molecular weight excluding hydrogens is 253 g/mol. The molecule has 0 aliphatic carbocycles. The lowest BCUT2D eigenvalue weighted by atomic mass is 10.0. The summed E-state index contributed by atoms with van der Waals surface area (Å²) in [6.45, 7) is 0. The standard InChI is InChI=1S/C13H15ClFN3/c1-18-8-9(7-17-18)2-5-13(16)11-6-10(14)3-4-12(11)15/h3-4,6-8,13H,2,5,16H2,1H3. The quantitative estimate of drug-likeness (QED) is 0.926. The van der Waals surface area contributed by atoms with Gasteiger partial charge >= 0.3 is 0 Å². The SMILES string of the molecule is Cn1cc(CCC(N)c2cc(Cl)ccc2F)cn1. The summed E-state index contributed by atoms with van der Waals surface area (Å²) >= 11 is 5.85. The molecule has 5 heteroatoms.